The van der Waals surface area contributed by atoms with Crippen LogP contribution in [-0.4, -0.2) is 31.8 Å². The van der Waals surface area contributed by atoms with Crippen LogP contribution in [0.2, 0.25) is 12.6 Å². The molecule has 5 heteroatoms. The standard InChI is InChI=1S/C16H36O2S2Si/c1-6-15(4)17-21(5,14-10-13-20)18-16(7-2,8-3)11-9-12-19/h15,19-20H,6-14H2,1-5H3. The predicted molar refractivity (Wildman–Crippen MR) is 103 cm³/mol. The molecule has 2 unspecified atom stereocenters. The van der Waals surface area contributed by atoms with Gasteiger partial charge >= 0.3 is 8.56 Å². The lowest BCUT2D eigenvalue weighted by Crippen LogP contribution is -2.49. The van der Waals surface area contributed by atoms with Crippen molar-refractivity contribution in [3.8, 4) is 0 Å². The second-order valence-corrected chi connectivity index (χ2v) is 10.2. The zero-order chi connectivity index (χ0) is 16.4. The normalized spacial score (nSPS) is 16.7. The molecule has 2 atom stereocenters. The van der Waals surface area contributed by atoms with Crippen molar-refractivity contribution in [3.63, 3.8) is 0 Å². The highest BCUT2D eigenvalue weighted by Gasteiger charge is 2.41. The number of rotatable bonds is 13. The molecule has 0 aliphatic heterocycles. The van der Waals surface area contributed by atoms with Gasteiger partial charge in [-0.05, 0) is 69.5 Å². The Kier molecular flexibility index (Phi) is 11.8. The van der Waals surface area contributed by atoms with Gasteiger partial charge in [0, 0.05) is 6.10 Å². The molecule has 0 aliphatic rings. The molecule has 0 aromatic carbocycles. The lowest BCUT2D eigenvalue weighted by Gasteiger charge is -2.41. The van der Waals surface area contributed by atoms with E-state index in [1.807, 2.05) is 0 Å². The Morgan fingerprint density at radius 2 is 1.62 bits per heavy atom. The van der Waals surface area contributed by atoms with E-state index in [2.05, 4.69) is 59.5 Å². The minimum atomic E-state index is -2.16. The molecule has 0 bridgehead atoms. The smallest absolute Gasteiger partial charge is 0.335 e. The van der Waals surface area contributed by atoms with E-state index in [4.69, 9.17) is 8.85 Å². The topological polar surface area (TPSA) is 18.5 Å². The molecular formula is C16H36O2S2Si. The monoisotopic (exact) mass is 352 g/mol. The molecular weight excluding hydrogens is 316 g/mol. The fourth-order valence-corrected chi connectivity index (χ4v) is 6.73. The van der Waals surface area contributed by atoms with E-state index >= 15 is 0 Å². The summed E-state index contributed by atoms with van der Waals surface area (Å²) in [5, 5.41) is 0. The number of hydrogen-bond donors (Lipinski definition) is 2. The molecule has 0 N–H and O–H groups in total. The Labute approximate surface area is 144 Å². The minimum absolute atomic E-state index is 0.0340. The lowest BCUT2D eigenvalue weighted by molar-refractivity contribution is -0.00346. The first kappa shape index (κ1) is 21.8. The van der Waals surface area contributed by atoms with E-state index in [9.17, 15) is 0 Å². The predicted octanol–water partition coefficient (Wildman–Crippen LogP) is 5.48. The molecule has 0 aliphatic carbocycles. The first-order chi connectivity index (χ1) is 9.90. The van der Waals surface area contributed by atoms with Crippen LogP contribution in [0, 0.1) is 0 Å². The van der Waals surface area contributed by atoms with Crippen LogP contribution in [0.3, 0.4) is 0 Å². The van der Waals surface area contributed by atoms with Gasteiger partial charge in [0.25, 0.3) is 0 Å². The maximum atomic E-state index is 6.75. The molecule has 0 heterocycles. The molecule has 128 valence electrons. The molecule has 0 spiro atoms. The summed E-state index contributed by atoms with van der Waals surface area (Å²) in [5.41, 5.74) is -0.0340. The van der Waals surface area contributed by atoms with Gasteiger partial charge in [-0.3, -0.25) is 0 Å². The molecule has 2 nitrogen and oxygen atoms in total. The van der Waals surface area contributed by atoms with Crippen molar-refractivity contribution in [3.05, 3.63) is 0 Å². The molecule has 21 heavy (non-hydrogen) atoms. The van der Waals surface area contributed by atoms with Crippen molar-refractivity contribution in [2.75, 3.05) is 11.5 Å². The highest BCUT2D eigenvalue weighted by molar-refractivity contribution is 7.80. The van der Waals surface area contributed by atoms with E-state index in [0.717, 1.165) is 56.1 Å². The zero-order valence-corrected chi connectivity index (χ0v) is 17.4. The molecule has 0 fully saturated rings. The fourth-order valence-electron chi connectivity index (χ4n) is 2.70. The highest BCUT2D eigenvalue weighted by atomic mass is 32.1. The first-order valence-corrected chi connectivity index (χ1v) is 12.3. The van der Waals surface area contributed by atoms with E-state index in [-0.39, 0.29) is 11.7 Å². The van der Waals surface area contributed by atoms with Crippen LogP contribution in [0.25, 0.3) is 0 Å². The molecule has 0 amide bonds. The van der Waals surface area contributed by atoms with Crippen LogP contribution in [0.5, 0.6) is 0 Å². The fraction of sp³-hybridized carbons (Fsp3) is 1.00. The van der Waals surface area contributed by atoms with Crippen molar-refractivity contribution in [2.45, 2.75) is 90.5 Å². The molecule has 0 saturated carbocycles. The van der Waals surface area contributed by atoms with Gasteiger partial charge in [0.2, 0.25) is 0 Å². The average Bonchev–Trinajstić information content (AvgIpc) is 2.49. The van der Waals surface area contributed by atoms with Crippen LogP contribution in [0.1, 0.15) is 66.2 Å². The van der Waals surface area contributed by atoms with Crippen molar-refractivity contribution < 1.29 is 8.85 Å². The molecule has 0 aromatic rings. The van der Waals surface area contributed by atoms with Gasteiger partial charge in [-0.2, -0.15) is 25.3 Å². The summed E-state index contributed by atoms with van der Waals surface area (Å²) in [7, 11) is -2.16. The van der Waals surface area contributed by atoms with Crippen molar-refractivity contribution in [2.24, 2.45) is 0 Å². The van der Waals surface area contributed by atoms with Crippen LogP contribution >= 0.6 is 25.3 Å². The van der Waals surface area contributed by atoms with Crippen LogP contribution in [0.4, 0.5) is 0 Å². The molecule has 0 aromatic heterocycles. The summed E-state index contributed by atoms with van der Waals surface area (Å²) in [6, 6.07) is 1.03. The van der Waals surface area contributed by atoms with Gasteiger partial charge in [-0.15, -0.1) is 0 Å². The lowest BCUT2D eigenvalue weighted by atomic mass is 9.92. The van der Waals surface area contributed by atoms with Gasteiger partial charge in [0.05, 0.1) is 5.60 Å². The Bertz CT molecular complexity index is 263. The van der Waals surface area contributed by atoms with Gasteiger partial charge in [-0.25, -0.2) is 0 Å². The van der Waals surface area contributed by atoms with E-state index in [1.54, 1.807) is 0 Å². The van der Waals surface area contributed by atoms with Crippen LogP contribution < -0.4 is 0 Å². The zero-order valence-electron chi connectivity index (χ0n) is 14.7. The van der Waals surface area contributed by atoms with Gasteiger partial charge in [0.1, 0.15) is 0 Å². The average molecular weight is 353 g/mol. The third kappa shape index (κ3) is 8.31. The van der Waals surface area contributed by atoms with E-state index in [1.165, 1.54) is 0 Å². The third-order valence-corrected chi connectivity index (χ3v) is 7.99. The van der Waals surface area contributed by atoms with Crippen LogP contribution in [-0.2, 0) is 8.85 Å². The second-order valence-electron chi connectivity index (χ2n) is 6.12. The Balaban J connectivity index is 5.01. The number of thiol groups is 2. The van der Waals surface area contributed by atoms with Crippen LogP contribution in [0.15, 0.2) is 0 Å². The quantitative estimate of drug-likeness (QED) is 0.338. The maximum Gasteiger partial charge on any atom is 0.335 e. The van der Waals surface area contributed by atoms with Crippen molar-refractivity contribution >= 4 is 33.8 Å². The Hall–Kier alpha value is 0.837. The Morgan fingerprint density at radius 1 is 1.05 bits per heavy atom. The molecule has 0 radical (unpaired) electrons. The number of hydrogen-bond acceptors (Lipinski definition) is 4. The van der Waals surface area contributed by atoms with Gasteiger partial charge < -0.3 is 8.85 Å². The largest absolute Gasteiger partial charge is 0.392 e. The minimum Gasteiger partial charge on any atom is -0.392 e. The Morgan fingerprint density at radius 3 is 2.05 bits per heavy atom. The molecule has 0 rings (SSSR count). The summed E-state index contributed by atoms with van der Waals surface area (Å²) in [5.74, 6) is 1.82. The SMILES string of the molecule is CCC(C)O[Si](C)(CCCS)OC(CC)(CC)CCCS. The molecule has 0 saturated heterocycles. The summed E-state index contributed by atoms with van der Waals surface area (Å²) < 4.78 is 13.1. The van der Waals surface area contributed by atoms with Gasteiger partial charge in [-0.1, -0.05) is 20.8 Å². The van der Waals surface area contributed by atoms with E-state index < -0.39 is 8.56 Å². The van der Waals surface area contributed by atoms with Crippen molar-refractivity contribution in [1.29, 1.82) is 0 Å². The first-order valence-electron chi connectivity index (χ1n) is 8.50. The van der Waals surface area contributed by atoms with Crippen molar-refractivity contribution in [1.82, 2.24) is 0 Å². The van der Waals surface area contributed by atoms with Gasteiger partial charge in [0.15, 0.2) is 0 Å². The summed E-state index contributed by atoms with van der Waals surface area (Å²) in [6.07, 6.45) is 6.66. The summed E-state index contributed by atoms with van der Waals surface area (Å²) >= 11 is 8.72. The second kappa shape index (κ2) is 11.4. The third-order valence-electron chi connectivity index (χ3n) is 4.33. The summed E-state index contributed by atoms with van der Waals surface area (Å²) in [4.78, 5) is 0. The highest BCUT2D eigenvalue weighted by Crippen LogP contribution is 2.33. The van der Waals surface area contributed by atoms with E-state index in [0.29, 0.717) is 0 Å². The summed E-state index contributed by atoms with van der Waals surface area (Å²) in [6.45, 7) is 11.0. The maximum absolute atomic E-state index is 6.75.